The molecule has 5 nitrogen and oxygen atoms in total. The number of anilines is 1. The SMILES string of the molecule is Cl.O=C(CN1C[C@@H]2CCC[C@@]2(C(=O)O)C1)Nc1ccc(Cl)c(C(F)(F)F)c1. The molecule has 1 aliphatic carbocycles. The summed E-state index contributed by atoms with van der Waals surface area (Å²) in [6.45, 7) is 0.735. The van der Waals surface area contributed by atoms with Crippen LogP contribution in [0, 0.1) is 11.3 Å². The third kappa shape index (κ3) is 4.33. The van der Waals surface area contributed by atoms with E-state index in [1.165, 1.54) is 6.07 Å². The number of halogens is 5. The molecule has 0 bridgehead atoms. The average Bonchev–Trinajstić information content (AvgIpc) is 3.05. The summed E-state index contributed by atoms with van der Waals surface area (Å²) >= 11 is 5.56. The molecule has 1 saturated heterocycles. The minimum Gasteiger partial charge on any atom is -0.481 e. The van der Waals surface area contributed by atoms with Gasteiger partial charge in [0.15, 0.2) is 0 Å². The first-order valence-electron chi connectivity index (χ1n) is 8.24. The van der Waals surface area contributed by atoms with Gasteiger partial charge < -0.3 is 10.4 Å². The molecule has 10 heteroatoms. The first kappa shape index (κ1) is 21.8. The van der Waals surface area contributed by atoms with E-state index in [0.29, 0.717) is 13.0 Å². The Morgan fingerprint density at radius 3 is 2.67 bits per heavy atom. The van der Waals surface area contributed by atoms with Crippen LogP contribution in [0.2, 0.25) is 5.02 Å². The predicted octanol–water partition coefficient (Wildman–Crippen LogP) is 3.91. The second-order valence-corrected chi connectivity index (χ2v) is 7.37. The largest absolute Gasteiger partial charge is 0.481 e. The van der Waals surface area contributed by atoms with Gasteiger partial charge in [-0.05, 0) is 37.0 Å². The zero-order valence-corrected chi connectivity index (χ0v) is 15.8. The van der Waals surface area contributed by atoms with Crippen LogP contribution >= 0.6 is 24.0 Å². The molecule has 1 aromatic carbocycles. The van der Waals surface area contributed by atoms with Crippen molar-refractivity contribution < 1.29 is 27.9 Å². The number of benzene rings is 1. The van der Waals surface area contributed by atoms with Crippen LogP contribution in [0.25, 0.3) is 0 Å². The smallest absolute Gasteiger partial charge is 0.417 e. The number of fused-ring (bicyclic) bond motifs is 1. The number of carboxylic acid groups (broad SMARTS) is 1. The van der Waals surface area contributed by atoms with E-state index < -0.39 is 34.1 Å². The normalized spacial score (nSPS) is 25.0. The van der Waals surface area contributed by atoms with Crippen LogP contribution in [-0.4, -0.2) is 41.5 Å². The van der Waals surface area contributed by atoms with Gasteiger partial charge in [0.25, 0.3) is 0 Å². The number of rotatable bonds is 4. The number of aliphatic carboxylic acids is 1. The van der Waals surface area contributed by atoms with Crippen molar-refractivity contribution in [3.8, 4) is 0 Å². The van der Waals surface area contributed by atoms with Crippen LogP contribution in [-0.2, 0) is 15.8 Å². The summed E-state index contributed by atoms with van der Waals surface area (Å²) in [5.74, 6) is -1.31. The van der Waals surface area contributed by atoms with Gasteiger partial charge in [0.05, 0.1) is 22.5 Å². The Bertz CT molecular complexity index is 745. The molecule has 1 heterocycles. The summed E-state index contributed by atoms with van der Waals surface area (Å²) in [6, 6.07) is 3.17. The lowest BCUT2D eigenvalue weighted by Gasteiger charge is -2.23. The Balaban J connectivity index is 0.00000261. The van der Waals surface area contributed by atoms with Crippen LogP contribution in [0.3, 0.4) is 0 Å². The van der Waals surface area contributed by atoms with Gasteiger partial charge in [0.2, 0.25) is 5.91 Å². The molecule has 1 aromatic rings. The fraction of sp³-hybridized carbons (Fsp3) is 0.529. The number of carboxylic acids is 1. The Labute approximate surface area is 165 Å². The number of hydrogen-bond donors (Lipinski definition) is 2. The van der Waals surface area contributed by atoms with Crippen molar-refractivity contribution in [2.24, 2.45) is 11.3 Å². The molecule has 0 spiro atoms. The molecule has 3 rings (SSSR count). The predicted molar refractivity (Wildman–Crippen MR) is 96.2 cm³/mol. The topological polar surface area (TPSA) is 69.6 Å². The molecule has 0 unspecified atom stereocenters. The van der Waals surface area contributed by atoms with Crippen molar-refractivity contribution in [2.45, 2.75) is 25.4 Å². The minimum absolute atomic E-state index is 0. The number of likely N-dealkylation sites (tertiary alicyclic amines) is 1. The van der Waals surface area contributed by atoms with E-state index in [1.807, 2.05) is 0 Å². The summed E-state index contributed by atoms with van der Waals surface area (Å²) in [7, 11) is 0. The molecule has 150 valence electrons. The maximum absolute atomic E-state index is 12.9. The summed E-state index contributed by atoms with van der Waals surface area (Å²) in [5, 5.41) is 11.5. The van der Waals surface area contributed by atoms with Gasteiger partial charge in [-0.3, -0.25) is 14.5 Å². The Hall–Kier alpha value is -1.51. The Morgan fingerprint density at radius 2 is 2.07 bits per heavy atom. The zero-order valence-electron chi connectivity index (χ0n) is 14.2. The molecule has 2 N–H and O–H groups in total. The Morgan fingerprint density at radius 1 is 1.37 bits per heavy atom. The van der Waals surface area contributed by atoms with Crippen molar-refractivity contribution in [1.82, 2.24) is 4.90 Å². The number of amides is 1. The first-order chi connectivity index (χ1) is 12.1. The van der Waals surface area contributed by atoms with Crippen LogP contribution in [0.4, 0.5) is 18.9 Å². The van der Waals surface area contributed by atoms with Gasteiger partial charge in [0, 0.05) is 18.8 Å². The molecule has 1 aliphatic heterocycles. The van der Waals surface area contributed by atoms with E-state index in [0.717, 1.165) is 25.0 Å². The van der Waals surface area contributed by atoms with Crippen LogP contribution in [0.1, 0.15) is 24.8 Å². The van der Waals surface area contributed by atoms with Crippen molar-refractivity contribution in [2.75, 3.05) is 25.0 Å². The summed E-state index contributed by atoms with van der Waals surface area (Å²) in [4.78, 5) is 25.6. The van der Waals surface area contributed by atoms with Gasteiger partial charge in [0.1, 0.15) is 0 Å². The highest BCUT2D eigenvalue weighted by Gasteiger charge is 2.54. The molecule has 2 aliphatic rings. The molecule has 27 heavy (non-hydrogen) atoms. The van der Waals surface area contributed by atoms with E-state index in [-0.39, 0.29) is 37.1 Å². The number of hydrogen-bond acceptors (Lipinski definition) is 3. The van der Waals surface area contributed by atoms with Gasteiger partial charge in [-0.25, -0.2) is 0 Å². The number of carbonyl (C=O) groups excluding carboxylic acids is 1. The second-order valence-electron chi connectivity index (χ2n) is 6.96. The van der Waals surface area contributed by atoms with Crippen molar-refractivity contribution in [3.63, 3.8) is 0 Å². The van der Waals surface area contributed by atoms with Crippen LogP contribution < -0.4 is 5.32 Å². The van der Waals surface area contributed by atoms with Crippen molar-refractivity contribution in [3.05, 3.63) is 28.8 Å². The molecule has 2 fully saturated rings. The lowest BCUT2D eigenvalue weighted by Crippen LogP contribution is -2.37. The lowest BCUT2D eigenvalue weighted by molar-refractivity contribution is -0.149. The fourth-order valence-corrected chi connectivity index (χ4v) is 4.31. The first-order valence-corrected chi connectivity index (χ1v) is 8.62. The number of alkyl halides is 3. The maximum atomic E-state index is 12.9. The van der Waals surface area contributed by atoms with Crippen molar-refractivity contribution in [1.29, 1.82) is 0 Å². The average molecular weight is 427 g/mol. The van der Waals surface area contributed by atoms with E-state index >= 15 is 0 Å². The third-order valence-corrected chi connectivity index (χ3v) is 5.62. The van der Waals surface area contributed by atoms with Crippen LogP contribution in [0.15, 0.2) is 18.2 Å². The quantitative estimate of drug-likeness (QED) is 0.765. The highest BCUT2D eigenvalue weighted by molar-refractivity contribution is 6.31. The number of nitrogens with zero attached hydrogens (tertiary/aromatic N) is 1. The van der Waals surface area contributed by atoms with Gasteiger partial charge in [-0.15, -0.1) is 12.4 Å². The summed E-state index contributed by atoms with van der Waals surface area (Å²) < 4.78 is 38.6. The van der Waals surface area contributed by atoms with E-state index in [9.17, 15) is 27.9 Å². The molecule has 1 saturated carbocycles. The monoisotopic (exact) mass is 426 g/mol. The van der Waals surface area contributed by atoms with Crippen molar-refractivity contribution >= 4 is 41.6 Å². The third-order valence-electron chi connectivity index (χ3n) is 5.29. The van der Waals surface area contributed by atoms with E-state index in [4.69, 9.17) is 11.6 Å². The van der Waals surface area contributed by atoms with Gasteiger partial charge in [-0.2, -0.15) is 13.2 Å². The number of nitrogens with one attached hydrogen (secondary N) is 1. The molecule has 1 amide bonds. The minimum atomic E-state index is -4.61. The standard InChI is InChI=1S/C17H18ClF3N2O3.ClH/c18-13-4-3-11(6-12(13)17(19,20)21)22-14(24)8-23-7-10-2-1-5-16(10,9-23)15(25)26;/h3-4,6,10H,1-2,5,7-9H2,(H,22,24)(H,25,26);1H/t10-,16+;/m0./s1. The zero-order chi connectivity index (χ0) is 19.1. The van der Waals surface area contributed by atoms with E-state index in [1.54, 1.807) is 4.90 Å². The fourth-order valence-electron chi connectivity index (χ4n) is 4.09. The van der Waals surface area contributed by atoms with E-state index in [2.05, 4.69) is 5.32 Å². The maximum Gasteiger partial charge on any atom is 0.417 e. The molecule has 0 aromatic heterocycles. The molecule has 2 atom stereocenters. The molecular formula is C17H19Cl2F3N2O3. The summed E-state index contributed by atoms with van der Waals surface area (Å²) in [5.41, 5.74) is -1.82. The van der Waals surface area contributed by atoms with Gasteiger partial charge >= 0.3 is 12.1 Å². The number of carbonyl (C=O) groups is 2. The molecular weight excluding hydrogens is 408 g/mol. The Kier molecular flexibility index (Phi) is 6.33. The second kappa shape index (κ2) is 7.85. The highest BCUT2D eigenvalue weighted by atomic mass is 35.5. The molecule has 0 radical (unpaired) electrons. The van der Waals surface area contributed by atoms with Gasteiger partial charge in [-0.1, -0.05) is 18.0 Å². The lowest BCUT2D eigenvalue weighted by atomic mass is 9.81. The van der Waals surface area contributed by atoms with Crippen LogP contribution in [0.5, 0.6) is 0 Å². The summed E-state index contributed by atoms with van der Waals surface area (Å²) in [6.07, 6.45) is -2.34. The highest BCUT2D eigenvalue weighted by Crippen LogP contribution is 2.48.